The van der Waals surface area contributed by atoms with Crippen LogP contribution in [0.25, 0.3) is 50.6 Å². The molecule has 0 unspecified atom stereocenters. The van der Waals surface area contributed by atoms with Crippen molar-refractivity contribution in [3.05, 3.63) is 91.3 Å². The predicted octanol–water partition coefficient (Wildman–Crippen LogP) is 5.45. The third kappa shape index (κ3) is 2.85. The molecule has 3 aromatic heterocycles. The molecule has 0 radical (unpaired) electrons. The second-order valence-corrected chi connectivity index (χ2v) is 7.29. The summed E-state index contributed by atoms with van der Waals surface area (Å²) < 4.78 is 7.97. The quantitative estimate of drug-likeness (QED) is 0.397. The van der Waals surface area contributed by atoms with E-state index in [4.69, 9.17) is 15.1 Å². The summed E-state index contributed by atoms with van der Waals surface area (Å²) in [4.78, 5) is 9.38. The van der Waals surface area contributed by atoms with Gasteiger partial charge in [0.2, 0.25) is 5.71 Å². The van der Waals surface area contributed by atoms with Crippen molar-refractivity contribution >= 4 is 22.4 Å². The van der Waals surface area contributed by atoms with Crippen LogP contribution in [0.4, 0.5) is 5.69 Å². The number of hydrogen-bond acceptors (Lipinski definition) is 5. The zero-order valence-electron chi connectivity index (χ0n) is 16.4. The van der Waals surface area contributed by atoms with E-state index in [1.807, 2.05) is 72.8 Å². The van der Waals surface area contributed by atoms with E-state index in [1.165, 1.54) is 0 Å². The van der Waals surface area contributed by atoms with Gasteiger partial charge in [-0.05, 0) is 29.8 Å². The summed E-state index contributed by atoms with van der Waals surface area (Å²) in [5.41, 5.74) is 11.6. The Morgan fingerprint density at radius 2 is 1.42 bits per heavy atom. The van der Waals surface area contributed by atoms with E-state index >= 15 is 0 Å². The van der Waals surface area contributed by atoms with Crippen molar-refractivity contribution < 1.29 is 4.42 Å². The Hall–Kier alpha value is -4.45. The number of benzene rings is 3. The Morgan fingerprint density at radius 1 is 0.742 bits per heavy atom. The Kier molecular flexibility index (Phi) is 3.83. The van der Waals surface area contributed by atoms with Gasteiger partial charge >= 0.3 is 0 Å². The van der Waals surface area contributed by atoms with Crippen molar-refractivity contribution in [2.45, 2.75) is 0 Å². The number of hydrogen-bond donors (Lipinski definition) is 1. The molecule has 0 saturated heterocycles. The van der Waals surface area contributed by atoms with Gasteiger partial charge in [-0.25, -0.2) is 14.5 Å². The minimum atomic E-state index is 0.529. The highest BCUT2D eigenvalue weighted by atomic mass is 16.3. The molecule has 6 rings (SSSR count). The van der Waals surface area contributed by atoms with Gasteiger partial charge in [-0.15, -0.1) is 5.10 Å². The number of fused-ring (bicyclic) bond motifs is 3. The molecule has 31 heavy (non-hydrogen) atoms. The average Bonchev–Trinajstić information content (AvgIpc) is 3.42. The molecule has 3 heterocycles. The Balaban J connectivity index is 1.68. The van der Waals surface area contributed by atoms with Crippen LogP contribution in [0.15, 0.2) is 95.7 Å². The molecule has 0 spiro atoms. The second-order valence-electron chi connectivity index (χ2n) is 7.29. The zero-order chi connectivity index (χ0) is 20.8. The van der Waals surface area contributed by atoms with Gasteiger partial charge in [0.05, 0.1) is 5.39 Å². The maximum Gasteiger partial charge on any atom is 0.232 e. The summed E-state index contributed by atoms with van der Waals surface area (Å²) in [5, 5.41) is 5.48. The zero-order valence-corrected chi connectivity index (χ0v) is 16.4. The molecular formula is C25H17N5O. The van der Waals surface area contributed by atoms with Gasteiger partial charge in [-0.1, -0.05) is 60.7 Å². The van der Waals surface area contributed by atoms with E-state index < -0.39 is 0 Å². The molecule has 0 saturated carbocycles. The lowest BCUT2D eigenvalue weighted by atomic mass is 9.99. The summed E-state index contributed by atoms with van der Waals surface area (Å²) in [5.74, 6) is 1.37. The van der Waals surface area contributed by atoms with E-state index in [-0.39, 0.29) is 0 Å². The first kappa shape index (κ1) is 17.4. The van der Waals surface area contributed by atoms with Gasteiger partial charge in [0.15, 0.2) is 11.5 Å². The number of rotatable bonds is 3. The van der Waals surface area contributed by atoms with Crippen molar-refractivity contribution in [1.29, 1.82) is 0 Å². The van der Waals surface area contributed by atoms with Crippen LogP contribution in [0.2, 0.25) is 0 Å². The topological polar surface area (TPSA) is 82.2 Å². The molecule has 0 aliphatic carbocycles. The molecule has 0 bridgehead atoms. The molecule has 6 heteroatoms. The van der Waals surface area contributed by atoms with Gasteiger partial charge in [0.1, 0.15) is 12.1 Å². The van der Waals surface area contributed by atoms with E-state index in [0.29, 0.717) is 22.9 Å². The minimum Gasteiger partial charge on any atom is -0.437 e. The molecule has 0 amide bonds. The van der Waals surface area contributed by atoms with E-state index in [2.05, 4.69) is 22.2 Å². The lowest BCUT2D eigenvalue weighted by Crippen LogP contribution is -1.90. The van der Waals surface area contributed by atoms with Gasteiger partial charge in [-0.2, -0.15) is 0 Å². The van der Waals surface area contributed by atoms with Gasteiger partial charge in [-0.3, -0.25) is 0 Å². The summed E-state index contributed by atoms with van der Waals surface area (Å²) in [7, 11) is 0. The van der Waals surface area contributed by atoms with Crippen LogP contribution in [-0.4, -0.2) is 19.6 Å². The summed E-state index contributed by atoms with van der Waals surface area (Å²) in [6.07, 6.45) is 1.64. The maximum atomic E-state index is 6.27. The smallest absolute Gasteiger partial charge is 0.232 e. The van der Waals surface area contributed by atoms with Gasteiger partial charge in [0, 0.05) is 22.4 Å². The monoisotopic (exact) mass is 403 g/mol. The molecule has 0 fully saturated rings. The Morgan fingerprint density at radius 3 is 2.13 bits per heavy atom. The number of nitrogens with zero attached hydrogens (tertiary/aromatic N) is 4. The summed E-state index contributed by atoms with van der Waals surface area (Å²) in [6, 6.07) is 27.7. The van der Waals surface area contributed by atoms with Crippen molar-refractivity contribution in [3.63, 3.8) is 0 Å². The van der Waals surface area contributed by atoms with Crippen LogP contribution in [0.5, 0.6) is 0 Å². The fourth-order valence-corrected chi connectivity index (χ4v) is 3.83. The summed E-state index contributed by atoms with van der Waals surface area (Å²) in [6.45, 7) is 0. The molecule has 6 aromatic rings. The third-order valence-corrected chi connectivity index (χ3v) is 5.30. The molecule has 2 N–H and O–H groups in total. The number of furan rings is 1. The lowest BCUT2D eigenvalue weighted by Gasteiger charge is -2.03. The normalized spacial score (nSPS) is 11.4. The number of nitrogen functional groups attached to an aromatic ring is 1. The lowest BCUT2D eigenvalue weighted by molar-refractivity contribution is 0.617. The SMILES string of the molecule is Nc1ccc(-c2nc3c4c(-c5ccccc5)c(-c5ccccc5)oc4ncn3n2)cc1. The third-order valence-electron chi connectivity index (χ3n) is 5.30. The molecule has 3 aromatic carbocycles. The highest BCUT2D eigenvalue weighted by Crippen LogP contribution is 2.41. The standard InChI is InChI=1S/C25H17N5O/c26-19-13-11-18(12-14-19)23-28-24-21-20(16-7-3-1-4-8-16)22(17-9-5-2-6-10-17)31-25(21)27-15-30(24)29-23/h1-15H,26H2. The molecule has 6 nitrogen and oxygen atoms in total. The Bertz CT molecular complexity index is 1520. The first-order valence-corrected chi connectivity index (χ1v) is 9.92. The fraction of sp³-hybridized carbons (Fsp3) is 0. The molecule has 0 atom stereocenters. The van der Waals surface area contributed by atoms with E-state index in [9.17, 15) is 0 Å². The first-order chi connectivity index (χ1) is 15.3. The molecule has 0 aliphatic heterocycles. The van der Waals surface area contributed by atoms with Crippen molar-refractivity contribution in [3.8, 4) is 33.8 Å². The van der Waals surface area contributed by atoms with Crippen molar-refractivity contribution in [2.24, 2.45) is 0 Å². The highest BCUT2D eigenvalue weighted by Gasteiger charge is 2.22. The van der Waals surface area contributed by atoms with E-state index in [1.54, 1.807) is 10.8 Å². The molecular weight excluding hydrogens is 386 g/mol. The van der Waals surface area contributed by atoms with Crippen LogP contribution < -0.4 is 5.73 Å². The Labute approximate surface area is 177 Å². The fourth-order valence-electron chi connectivity index (χ4n) is 3.83. The number of anilines is 1. The predicted molar refractivity (Wildman–Crippen MR) is 121 cm³/mol. The molecule has 148 valence electrons. The molecule has 0 aliphatic rings. The highest BCUT2D eigenvalue weighted by molar-refractivity contribution is 6.07. The van der Waals surface area contributed by atoms with Gasteiger partial charge in [0.25, 0.3) is 0 Å². The number of nitrogens with two attached hydrogens (primary N) is 1. The van der Waals surface area contributed by atoms with Crippen LogP contribution >= 0.6 is 0 Å². The van der Waals surface area contributed by atoms with Crippen molar-refractivity contribution in [1.82, 2.24) is 19.6 Å². The van der Waals surface area contributed by atoms with Crippen LogP contribution in [0, 0.1) is 0 Å². The minimum absolute atomic E-state index is 0.529. The first-order valence-electron chi connectivity index (χ1n) is 9.92. The van der Waals surface area contributed by atoms with Crippen LogP contribution in [-0.2, 0) is 0 Å². The second kappa shape index (κ2) is 6.81. The van der Waals surface area contributed by atoms with Crippen molar-refractivity contribution in [2.75, 3.05) is 5.73 Å². The largest absolute Gasteiger partial charge is 0.437 e. The van der Waals surface area contributed by atoms with Crippen LogP contribution in [0.1, 0.15) is 0 Å². The number of aromatic nitrogens is 4. The maximum absolute atomic E-state index is 6.27. The summed E-state index contributed by atoms with van der Waals surface area (Å²) >= 11 is 0. The van der Waals surface area contributed by atoms with Gasteiger partial charge < -0.3 is 10.2 Å². The van der Waals surface area contributed by atoms with E-state index in [0.717, 1.165) is 33.4 Å². The van der Waals surface area contributed by atoms with Crippen LogP contribution in [0.3, 0.4) is 0 Å². The average molecular weight is 403 g/mol.